The zero-order valence-electron chi connectivity index (χ0n) is 17.8. The van der Waals surface area contributed by atoms with Crippen LogP contribution in [-0.2, 0) is 32.0 Å². The van der Waals surface area contributed by atoms with E-state index in [1.54, 1.807) is 30.5 Å². The predicted molar refractivity (Wildman–Crippen MR) is 118 cm³/mol. The van der Waals surface area contributed by atoms with Crippen molar-refractivity contribution in [1.82, 2.24) is 14.8 Å². The van der Waals surface area contributed by atoms with Crippen LogP contribution >= 0.6 is 11.3 Å². The Labute approximate surface area is 182 Å². The van der Waals surface area contributed by atoms with Gasteiger partial charge in [0.1, 0.15) is 5.01 Å². The van der Waals surface area contributed by atoms with E-state index in [1.807, 2.05) is 5.38 Å². The molecule has 2 aromatic rings. The molecule has 0 N–H and O–H groups in total. The Morgan fingerprint density at radius 1 is 1.20 bits per heavy atom. The SMILES string of the molecule is COCCN(CCOC)C(=O)Cc1csc(-c2cccc(CN3CCOCC3)c2)n1. The van der Waals surface area contributed by atoms with Gasteiger partial charge < -0.3 is 19.1 Å². The molecule has 2 heterocycles. The molecule has 1 aromatic carbocycles. The summed E-state index contributed by atoms with van der Waals surface area (Å²) in [6.07, 6.45) is 0.289. The Hall–Kier alpha value is -1.84. The quantitative estimate of drug-likeness (QED) is 0.542. The van der Waals surface area contributed by atoms with E-state index in [4.69, 9.17) is 19.2 Å². The van der Waals surface area contributed by atoms with Crippen LogP contribution in [0.3, 0.4) is 0 Å². The van der Waals surface area contributed by atoms with Gasteiger partial charge in [0.05, 0.1) is 38.5 Å². The van der Waals surface area contributed by atoms with Crippen LogP contribution in [0.5, 0.6) is 0 Å². The molecule has 1 aliphatic heterocycles. The standard InChI is InChI=1S/C22H31N3O4S/c1-27-10-8-25(9-11-28-2)21(26)15-20-17-30-22(23-20)19-5-3-4-18(14-19)16-24-6-12-29-13-7-24/h3-5,14,17H,6-13,15-16H2,1-2H3. The lowest BCUT2D eigenvalue weighted by Gasteiger charge is -2.26. The summed E-state index contributed by atoms with van der Waals surface area (Å²) in [4.78, 5) is 21.6. The van der Waals surface area contributed by atoms with E-state index < -0.39 is 0 Å². The number of thiazole rings is 1. The highest BCUT2D eigenvalue weighted by Gasteiger charge is 2.16. The smallest absolute Gasteiger partial charge is 0.228 e. The van der Waals surface area contributed by atoms with Crippen molar-refractivity contribution in [2.45, 2.75) is 13.0 Å². The monoisotopic (exact) mass is 433 g/mol. The Bertz CT molecular complexity index is 784. The number of morpholine rings is 1. The number of aromatic nitrogens is 1. The summed E-state index contributed by atoms with van der Waals surface area (Å²) < 4.78 is 15.7. The van der Waals surface area contributed by atoms with Crippen molar-refractivity contribution in [2.75, 3.05) is 66.8 Å². The number of rotatable bonds is 11. The first-order valence-corrected chi connectivity index (χ1v) is 11.2. The van der Waals surface area contributed by atoms with Gasteiger partial charge in [-0.2, -0.15) is 0 Å². The number of ether oxygens (including phenoxy) is 3. The third-order valence-corrected chi connectivity index (χ3v) is 5.99. The molecule has 8 heteroatoms. The van der Waals surface area contributed by atoms with Gasteiger partial charge >= 0.3 is 0 Å². The highest BCUT2D eigenvalue weighted by Crippen LogP contribution is 2.25. The van der Waals surface area contributed by atoms with Gasteiger partial charge in [-0.1, -0.05) is 18.2 Å². The van der Waals surface area contributed by atoms with Gasteiger partial charge in [-0.3, -0.25) is 9.69 Å². The second-order valence-corrected chi connectivity index (χ2v) is 8.13. The molecular weight excluding hydrogens is 402 g/mol. The topological polar surface area (TPSA) is 64.1 Å². The van der Waals surface area contributed by atoms with E-state index >= 15 is 0 Å². The molecule has 0 unspecified atom stereocenters. The molecule has 0 saturated carbocycles. The van der Waals surface area contributed by atoms with Crippen LogP contribution in [0.2, 0.25) is 0 Å². The number of hydrogen-bond acceptors (Lipinski definition) is 7. The summed E-state index contributed by atoms with van der Waals surface area (Å²) in [5, 5.41) is 2.93. The number of nitrogens with zero attached hydrogens (tertiary/aromatic N) is 3. The Morgan fingerprint density at radius 2 is 1.93 bits per heavy atom. The number of benzene rings is 1. The molecule has 1 fully saturated rings. The van der Waals surface area contributed by atoms with Gasteiger partial charge in [-0.25, -0.2) is 4.98 Å². The third kappa shape index (κ3) is 6.85. The summed E-state index contributed by atoms with van der Waals surface area (Å²) >= 11 is 1.58. The number of amides is 1. The summed E-state index contributed by atoms with van der Waals surface area (Å²) in [7, 11) is 3.28. The van der Waals surface area contributed by atoms with E-state index in [2.05, 4.69) is 29.2 Å². The third-order valence-electron chi connectivity index (χ3n) is 5.05. The van der Waals surface area contributed by atoms with Gasteiger partial charge in [0.25, 0.3) is 0 Å². The van der Waals surface area contributed by atoms with E-state index in [0.717, 1.165) is 49.1 Å². The van der Waals surface area contributed by atoms with Gasteiger partial charge in [-0.15, -0.1) is 11.3 Å². The highest BCUT2D eigenvalue weighted by molar-refractivity contribution is 7.13. The van der Waals surface area contributed by atoms with E-state index in [-0.39, 0.29) is 12.3 Å². The second kappa shape index (κ2) is 12.1. The van der Waals surface area contributed by atoms with Crippen molar-refractivity contribution in [1.29, 1.82) is 0 Å². The predicted octanol–water partition coefficient (Wildman–Crippen LogP) is 2.31. The molecule has 7 nitrogen and oxygen atoms in total. The molecule has 1 amide bonds. The molecule has 3 rings (SSSR count). The van der Waals surface area contributed by atoms with Crippen molar-refractivity contribution in [3.63, 3.8) is 0 Å². The molecule has 1 aliphatic rings. The van der Waals surface area contributed by atoms with Gasteiger partial charge in [0, 0.05) is 57.9 Å². The zero-order chi connectivity index (χ0) is 21.2. The van der Waals surface area contributed by atoms with Crippen LogP contribution in [0.15, 0.2) is 29.6 Å². The van der Waals surface area contributed by atoms with Crippen LogP contribution in [0.1, 0.15) is 11.3 Å². The van der Waals surface area contributed by atoms with Crippen LogP contribution in [0.25, 0.3) is 10.6 Å². The first kappa shape index (κ1) is 22.8. The van der Waals surface area contributed by atoms with Crippen molar-refractivity contribution < 1.29 is 19.0 Å². The largest absolute Gasteiger partial charge is 0.383 e. The Balaban J connectivity index is 1.62. The molecule has 0 atom stereocenters. The number of carbonyl (C=O) groups is 1. The fourth-order valence-corrected chi connectivity index (χ4v) is 4.19. The lowest BCUT2D eigenvalue weighted by atomic mass is 10.1. The average Bonchev–Trinajstić information content (AvgIpc) is 3.23. The molecule has 0 bridgehead atoms. The molecule has 164 valence electrons. The fraction of sp³-hybridized carbons (Fsp3) is 0.545. The molecule has 0 spiro atoms. The van der Waals surface area contributed by atoms with Crippen molar-refractivity contribution >= 4 is 17.2 Å². The summed E-state index contributed by atoms with van der Waals surface area (Å²) in [6, 6.07) is 8.51. The summed E-state index contributed by atoms with van der Waals surface area (Å²) in [5.74, 6) is 0.0435. The van der Waals surface area contributed by atoms with Crippen LogP contribution in [-0.4, -0.2) is 87.5 Å². The first-order chi connectivity index (χ1) is 14.7. The maximum absolute atomic E-state index is 12.7. The van der Waals surface area contributed by atoms with Gasteiger partial charge in [0.2, 0.25) is 5.91 Å². The number of hydrogen-bond donors (Lipinski definition) is 0. The lowest BCUT2D eigenvalue weighted by molar-refractivity contribution is -0.131. The lowest BCUT2D eigenvalue weighted by Crippen LogP contribution is -2.37. The van der Waals surface area contributed by atoms with Crippen molar-refractivity contribution in [3.05, 3.63) is 40.9 Å². The average molecular weight is 434 g/mol. The molecule has 0 aliphatic carbocycles. The first-order valence-electron chi connectivity index (χ1n) is 10.3. The Morgan fingerprint density at radius 3 is 2.63 bits per heavy atom. The second-order valence-electron chi connectivity index (χ2n) is 7.28. The van der Waals surface area contributed by atoms with E-state index in [9.17, 15) is 4.79 Å². The van der Waals surface area contributed by atoms with Gasteiger partial charge in [-0.05, 0) is 11.6 Å². The molecule has 30 heavy (non-hydrogen) atoms. The maximum atomic E-state index is 12.7. The Kier molecular flexibility index (Phi) is 9.23. The minimum absolute atomic E-state index is 0.0435. The van der Waals surface area contributed by atoms with Crippen LogP contribution in [0, 0.1) is 0 Å². The van der Waals surface area contributed by atoms with E-state index in [0.29, 0.717) is 26.3 Å². The van der Waals surface area contributed by atoms with Gasteiger partial charge in [0.15, 0.2) is 0 Å². The minimum Gasteiger partial charge on any atom is -0.383 e. The number of methoxy groups -OCH3 is 2. The zero-order valence-corrected chi connectivity index (χ0v) is 18.7. The van der Waals surface area contributed by atoms with Crippen LogP contribution in [0.4, 0.5) is 0 Å². The van der Waals surface area contributed by atoms with Crippen molar-refractivity contribution in [3.8, 4) is 10.6 Å². The van der Waals surface area contributed by atoms with E-state index in [1.165, 1.54) is 5.56 Å². The van der Waals surface area contributed by atoms with Crippen LogP contribution < -0.4 is 0 Å². The molecule has 1 aromatic heterocycles. The maximum Gasteiger partial charge on any atom is 0.228 e. The number of carbonyl (C=O) groups excluding carboxylic acids is 1. The summed E-state index contributed by atoms with van der Waals surface area (Å²) in [5.41, 5.74) is 3.17. The fourth-order valence-electron chi connectivity index (χ4n) is 3.37. The molecule has 1 saturated heterocycles. The normalized spacial score (nSPS) is 14.7. The van der Waals surface area contributed by atoms with Crippen molar-refractivity contribution in [2.24, 2.45) is 0 Å². The summed E-state index contributed by atoms with van der Waals surface area (Å²) in [6.45, 7) is 6.58. The minimum atomic E-state index is 0.0435. The molecular formula is C22H31N3O4S. The molecule has 0 radical (unpaired) electrons. The highest BCUT2D eigenvalue weighted by atomic mass is 32.1.